The maximum Gasteiger partial charge on any atom is 0.329 e. The molecule has 6 rings (SSSR count). The van der Waals surface area contributed by atoms with E-state index in [9.17, 15) is 14.7 Å². The Hall–Kier alpha value is -4.73. The van der Waals surface area contributed by atoms with E-state index in [4.69, 9.17) is 11.6 Å². The van der Waals surface area contributed by atoms with Gasteiger partial charge in [-0.3, -0.25) is 19.9 Å². The zero-order chi connectivity index (χ0) is 31.2. The number of aromatic hydroxyl groups is 1. The number of amides is 3. The number of allylic oxidation sites excluding steroid dienone is 1. The number of anilines is 2. The molecule has 2 aliphatic heterocycles. The van der Waals surface area contributed by atoms with E-state index in [1.165, 1.54) is 16.2 Å². The fourth-order valence-corrected chi connectivity index (χ4v) is 6.08. The third-order valence-electron chi connectivity index (χ3n) is 8.24. The number of nitrogens with zero attached hydrogens (tertiary/aromatic N) is 5. The van der Waals surface area contributed by atoms with E-state index >= 15 is 0 Å². The average molecular weight is 623 g/mol. The third-order valence-corrected chi connectivity index (χ3v) is 8.43. The van der Waals surface area contributed by atoms with Crippen LogP contribution >= 0.6 is 11.6 Å². The lowest BCUT2D eigenvalue weighted by Crippen LogP contribution is -2.50. The molecule has 0 saturated carbocycles. The van der Waals surface area contributed by atoms with Gasteiger partial charge >= 0.3 is 6.03 Å². The lowest BCUT2D eigenvalue weighted by Gasteiger charge is -2.36. The Morgan fingerprint density at radius 3 is 2.09 bits per heavy atom. The number of hydrogen-bond donors (Lipinski definition) is 2. The van der Waals surface area contributed by atoms with Crippen molar-refractivity contribution in [2.75, 3.05) is 48.4 Å². The van der Waals surface area contributed by atoms with Crippen molar-refractivity contribution in [2.24, 2.45) is 0 Å². The summed E-state index contributed by atoms with van der Waals surface area (Å²) >= 11 is 6.31. The molecule has 10 heteroatoms. The number of phenols is 1. The summed E-state index contributed by atoms with van der Waals surface area (Å²) in [5.41, 5.74) is 7.55. The Morgan fingerprint density at radius 1 is 0.778 bits per heavy atom. The molecule has 2 saturated heterocycles. The summed E-state index contributed by atoms with van der Waals surface area (Å²) in [4.78, 5) is 29.7. The lowest BCUT2D eigenvalue weighted by molar-refractivity contribution is -0.120. The van der Waals surface area contributed by atoms with E-state index in [1.54, 1.807) is 18.2 Å². The summed E-state index contributed by atoms with van der Waals surface area (Å²) in [5, 5.41) is 20.8. The molecule has 2 N–H and O–H groups in total. The maximum absolute atomic E-state index is 12.1. The Balaban J connectivity index is 1.13. The van der Waals surface area contributed by atoms with Crippen LogP contribution in [0.15, 0.2) is 91.0 Å². The van der Waals surface area contributed by atoms with Gasteiger partial charge in [0.1, 0.15) is 5.75 Å². The first kappa shape index (κ1) is 30.3. The van der Waals surface area contributed by atoms with Crippen LogP contribution in [0.25, 0.3) is 11.1 Å². The highest BCUT2D eigenvalue weighted by molar-refractivity contribution is 6.18. The summed E-state index contributed by atoms with van der Waals surface area (Å²) in [6.07, 6.45) is 0.967. The van der Waals surface area contributed by atoms with Gasteiger partial charge in [0, 0.05) is 57.3 Å². The molecule has 3 amide bonds. The second-order valence-electron chi connectivity index (χ2n) is 11.2. The number of phenolic OH excluding ortho intramolecular Hbond substituents is 1. The first-order chi connectivity index (χ1) is 22.0. The highest BCUT2D eigenvalue weighted by Crippen LogP contribution is 2.36. The van der Waals surface area contributed by atoms with Crippen molar-refractivity contribution in [1.82, 2.24) is 20.4 Å². The van der Waals surface area contributed by atoms with Gasteiger partial charge in [0.2, 0.25) is 5.91 Å². The van der Waals surface area contributed by atoms with Crippen LogP contribution in [-0.2, 0) is 11.3 Å². The minimum absolute atomic E-state index is 0.237. The monoisotopic (exact) mass is 622 g/mol. The lowest BCUT2D eigenvalue weighted by atomic mass is 9.88. The first-order valence-electron chi connectivity index (χ1n) is 15.1. The van der Waals surface area contributed by atoms with Crippen molar-refractivity contribution in [1.29, 1.82) is 0 Å². The van der Waals surface area contributed by atoms with Crippen molar-refractivity contribution in [3.8, 4) is 5.75 Å². The van der Waals surface area contributed by atoms with Crippen molar-refractivity contribution < 1.29 is 14.7 Å². The number of aromatic nitrogens is 2. The van der Waals surface area contributed by atoms with Gasteiger partial charge in [0.05, 0.1) is 5.69 Å². The quantitative estimate of drug-likeness (QED) is 0.187. The van der Waals surface area contributed by atoms with Gasteiger partial charge < -0.3 is 10.0 Å². The number of rotatable bonds is 9. The van der Waals surface area contributed by atoms with Crippen molar-refractivity contribution in [3.63, 3.8) is 0 Å². The van der Waals surface area contributed by atoms with E-state index < -0.39 is 6.03 Å². The third kappa shape index (κ3) is 7.16. The molecule has 3 heterocycles. The number of halogens is 1. The fourth-order valence-electron chi connectivity index (χ4n) is 5.89. The molecule has 45 heavy (non-hydrogen) atoms. The van der Waals surface area contributed by atoms with Crippen LogP contribution in [0.2, 0.25) is 0 Å². The molecule has 0 atom stereocenters. The Bertz CT molecular complexity index is 1650. The maximum atomic E-state index is 12.1. The van der Waals surface area contributed by atoms with Gasteiger partial charge in [0.15, 0.2) is 5.82 Å². The van der Waals surface area contributed by atoms with Crippen LogP contribution in [0, 0.1) is 0 Å². The normalized spacial score (nSPS) is 16.4. The number of hydrogen-bond acceptors (Lipinski definition) is 7. The molecule has 0 radical (unpaired) electrons. The number of urea groups is 1. The molecule has 0 bridgehead atoms. The summed E-state index contributed by atoms with van der Waals surface area (Å²) in [7, 11) is 0. The second kappa shape index (κ2) is 13.9. The number of alkyl halides is 1. The average Bonchev–Trinajstić information content (AvgIpc) is 3.07. The van der Waals surface area contributed by atoms with Gasteiger partial charge in [-0.2, -0.15) is 5.10 Å². The van der Waals surface area contributed by atoms with Crippen LogP contribution in [0.4, 0.5) is 16.3 Å². The highest BCUT2D eigenvalue weighted by atomic mass is 35.5. The smallest absolute Gasteiger partial charge is 0.329 e. The van der Waals surface area contributed by atoms with Gasteiger partial charge in [-0.05, 0) is 70.7 Å². The number of carbonyl (C=O) groups excluding carboxylic acids is 2. The number of imide groups is 1. The zero-order valence-electron chi connectivity index (χ0n) is 24.9. The summed E-state index contributed by atoms with van der Waals surface area (Å²) in [6.45, 7) is 4.51. The van der Waals surface area contributed by atoms with Gasteiger partial charge in [0.25, 0.3) is 0 Å². The molecule has 1 aromatic heterocycles. The van der Waals surface area contributed by atoms with Crippen LogP contribution in [0.3, 0.4) is 0 Å². The molecule has 230 valence electrons. The molecule has 4 aromatic rings. The largest absolute Gasteiger partial charge is 0.508 e. The van der Waals surface area contributed by atoms with E-state index in [0.717, 1.165) is 54.1 Å². The van der Waals surface area contributed by atoms with Crippen LogP contribution in [0.5, 0.6) is 5.75 Å². The second-order valence-corrected chi connectivity index (χ2v) is 11.5. The minimum atomic E-state index is -0.461. The topological polar surface area (TPSA) is 102 Å². The molecule has 3 aromatic carbocycles. The highest BCUT2D eigenvalue weighted by Gasteiger charge is 2.26. The van der Waals surface area contributed by atoms with Gasteiger partial charge in [-0.1, -0.05) is 54.6 Å². The number of piperazine rings is 1. The molecular weight excluding hydrogens is 588 g/mol. The predicted octanol–water partition coefficient (Wildman–Crippen LogP) is 5.54. The van der Waals surface area contributed by atoms with Crippen LogP contribution in [0.1, 0.15) is 35.2 Å². The zero-order valence-corrected chi connectivity index (χ0v) is 25.7. The molecular formula is C35H35ClN6O3. The minimum Gasteiger partial charge on any atom is -0.508 e. The van der Waals surface area contributed by atoms with E-state index in [1.807, 2.05) is 36.4 Å². The predicted molar refractivity (Wildman–Crippen MR) is 177 cm³/mol. The van der Waals surface area contributed by atoms with Crippen LogP contribution < -0.4 is 15.1 Å². The number of benzene rings is 3. The summed E-state index contributed by atoms with van der Waals surface area (Å²) in [5.74, 6) is 0.910. The molecule has 0 aliphatic carbocycles. The summed E-state index contributed by atoms with van der Waals surface area (Å²) < 4.78 is 0. The van der Waals surface area contributed by atoms with E-state index in [-0.39, 0.29) is 18.1 Å². The molecule has 0 unspecified atom stereocenters. The van der Waals surface area contributed by atoms with Crippen molar-refractivity contribution in [3.05, 3.63) is 113 Å². The first-order valence-corrected chi connectivity index (χ1v) is 15.7. The van der Waals surface area contributed by atoms with Crippen molar-refractivity contribution in [2.45, 2.75) is 19.4 Å². The van der Waals surface area contributed by atoms with Crippen molar-refractivity contribution >= 4 is 46.2 Å². The molecule has 9 nitrogen and oxygen atoms in total. The SMILES string of the molecule is O=C1CCN(c2ccc(CN3CCN(c4ccc(C(=C(CCCl)c5ccccc5)c5ccc(O)cc5)cc4)CC3)nn2)C(=O)N1. The molecule has 2 aliphatic rings. The van der Waals surface area contributed by atoms with Crippen LogP contribution in [-0.4, -0.2) is 70.7 Å². The Morgan fingerprint density at radius 2 is 1.47 bits per heavy atom. The fraction of sp³-hybridized carbons (Fsp3) is 0.257. The number of nitrogens with one attached hydrogen (secondary N) is 1. The Kier molecular flexibility index (Phi) is 9.38. The summed E-state index contributed by atoms with van der Waals surface area (Å²) in [6, 6.07) is 29.6. The Labute approximate surface area is 267 Å². The van der Waals surface area contributed by atoms with E-state index in [0.29, 0.717) is 31.2 Å². The van der Waals surface area contributed by atoms with Gasteiger partial charge in [-0.25, -0.2) is 4.79 Å². The van der Waals surface area contributed by atoms with E-state index in [2.05, 4.69) is 61.7 Å². The van der Waals surface area contributed by atoms with Gasteiger partial charge in [-0.15, -0.1) is 16.7 Å². The number of carbonyl (C=O) groups is 2. The molecule has 0 spiro atoms. The molecule has 2 fully saturated rings. The standard InChI is InChI=1S/C35H35ClN6O3/c36-18-16-31(25-4-2-1-3-5-25)34(27-8-13-30(43)14-9-27)26-6-11-29(12-7-26)41-22-20-40(21-23-41)24-28-10-15-32(39-38-28)42-19-17-33(44)37-35(42)45/h1-15,43H,16-24H2,(H,37,44,45).